The zero-order valence-corrected chi connectivity index (χ0v) is 4.89. The van der Waals surface area contributed by atoms with Gasteiger partial charge in [-0.05, 0) is 12.2 Å². The molecule has 0 aromatic heterocycles. The summed E-state index contributed by atoms with van der Waals surface area (Å²) in [6.45, 7) is 0. The van der Waals surface area contributed by atoms with Crippen molar-refractivity contribution in [1.29, 1.82) is 10.8 Å². The molecule has 0 aromatic carbocycles. The zero-order valence-electron chi connectivity index (χ0n) is 4.89. The lowest BCUT2D eigenvalue weighted by atomic mass is 10.3. The van der Waals surface area contributed by atoms with Gasteiger partial charge in [-0.25, -0.2) is 4.99 Å². The molecule has 0 saturated heterocycles. The smallest absolute Gasteiger partial charge is 0.169 e. The van der Waals surface area contributed by atoms with Crippen LogP contribution in [0.2, 0.25) is 0 Å². The van der Waals surface area contributed by atoms with Crippen LogP contribution in [0.4, 0.5) is 0 Å². The van der Waals surface area contributed by atoms with E-state index in [9.17, 15) is 0 Å². The standard InChI is InChI=1S/C5H5N3.H3N/c6-4-2-1-3-8-5(4)7;/h1-3,6-7H;1H3. The largest absolute Gasteiger partial charge is 0.344 e. The van der Waals surface area contributed by atoms with Crippen molar-refractivity contribution in [3.63, 3.8) is 0 Å². The van der Waals surface area contributed by atoms with Gasteiger partial charge in [0, 0.05) is 6.21 Å². The monoisotopic (exact) mass is 124 g/mol. The fourth-order valence-electron chi connectivity index (χ4n) is 0.405. The highest BCUT2D eigenvalue weighted by molar-refractivity contribution is 6.46. The molecule has 0 saturated carbocycles. The summed E-state index contributed by atoms with van der Waals surface area (Å²) in [6, 6.07) is 0. The van der Waals surface area contributed by atoms with Crippen molar-refractivity contribution < 1.29 is 0 Å². The molecule has 1 heterocycles. The average molecular weight is 124 g/mol. The maximum absolute atomic E-state index is 6.97. The Balaban J connectivity index is 0.000000640. The number of aliphatic imine (C=N–C) groups is 1. The fraction of sp³-hybridized carbons (Fsp3) is 0. The third-order valence-corrected chi connectivity index (χ3v) is 0.808. The van der Waals surface area contributed by atoms with Crippen LogP contribution in [0.5, 0.6) is 0 Å². The van der Waals surface area contributed by atoms with Gasteiger partial charge in [0.1, 0.15) is 0 Å². The van der Waals surface area contributed by atoms with Gasteiger partial charge < -0.3 is 6.15 Å². The predicted molar refractivity (Wildman–Crippen MR) is 38.1 cm³/mol. The van der Waals surface area contributed by atoms with Gasteiger partial charge in [0.05, 0.1) is 5.71 Å². The number of allylic oxidation sites excluding steroid dienone is 1. The molecule has 0 atom stereocenters. The van der Waals surface area contributed by atoms with Crippen LogP contribution in [0.25, 0.3) is 0 Å². The van der Waals surface area contributed by atoms with E-state index >= 15 is 0 Å². The fourth-order valence-corrected chi connectivity index (χ4v) is 0.405. The molecule has 0 aromatic rings. The molecule has 4 nitrogen and oxygen atoms in total. The molecular weight excluding hydrogens is 116 g/mol. The molecule has 1 rings (SSSR count). The van der Waals surface area contributed by atoms with E-state index in [1.54, 1.807) is 6.08 Å². The first-order valence-corrected chi connectivity index (χ1v) is 2.19. The number of nitrogens with one attached hydrogen (secondary N) is 2. The molecule has 0 radical (unpaired) electrons. The molecule has 0 bridgehead atoms. The number of dihydropyridines is 1. The van der Waals surface area contributed by atoms with Gasteiger partial charge in [-0.1, -0.05) is 0 Å². The molecule has 9 heavy (non-hydrogen) atoms. The lowest BCUT2D eigenvalue weighted by Gasteiger charge is -1.95. The van der Waals surface area contributed by atoms with E-state index in [2.05, 4.69) is 4.99 Å². The highest BCUT2D eigenvalue weighted by atomic mass is 14.8. The molecular formula is C5H8N4. The summed E-state index contributed by atoms with van der Waals surface area (Å²) >= 11 is 0. The summed E-state index contributed by atoms with van der Waals surface area (Å²) < 4.78 is 0. The van der Waals surface area contributed by atoms with Gasteiger partial charge in [-0.15, -0.1) is 0 Å². The van der Waals surface area contributed by atoms with E-state index < -0.39 is 0 Å². The summed E-state index contributed by atoms with van der Waals surface area (Å²) in [5, 5.41) is 13.9. The van der Waals surface area contributed by atoms with Gasteiger partial charge in [0.2, 0.25) is 0 Å². The van der Waals surface area contributed by atoms with Crippen LogP contribution in [-0.2, 0) is 0 Å². The summed E-state index contributed by atoms with van der Waals surface area (Å²) in [4.78, 5) is 3.56. The first kappa shape index (κ1) is 7.71. The van der Waals surface area contributed by atoms with E-state index in [0.717, 1.165) is 0 Å². The van der Waals surface area contributed by atoms with Gasteiger partial charge in [0.15, 0.2) is 5.84 Å². The van der Waals surface area contributed by atoms with Crippen molar-refractivity contribution in [2.24, 2.45) is 4.99 Å². The quantitative estimate of drug-likeness (QED) is 0.437. The number of amidine groups is 1. The van der Waals surface area contributed by atoms with Crippen molar-refractivity contribution in [1.82, 2.24) is 6.15 Å². The van der Waals surface area contributed by atoms with Crippen molar-refractivity contribution >= 4 is 17.8 Å². The topological polar surface area (TPSA) is 95.1 Å². The lowest BCUT2D eigenvalue weighted by molar-refractivity contribution is 1.44. The Bertz CT molecular complexity index is 167. The molecule has 1 aliphatic rings. The molecule has 0 fully saturated rings. The van der Waals surface area contributed by atoms with Crippen molar-refractivity contribution in [2.75, 3.05) is 0 Å². The van der Waals surface area contributed by atoms with Crippen LogP contribution >= 0.6 is 0 Å². The summed E-state index contributed by atoms with van der Waals surface area (Å²) in [5.41, 5.74) is 0.174. The number of hydrogen-bond donors (Lipinski definition) is 3. The number of nitrogens with zero attached hydrogens (tertiary/aromatic N) is 1. The predicted octanol–water partition coefficient (Wildman–Crippen LogP) is 0.786. The molecule has 0 amide bonds. The molecule has 0 aliphatic carbocycles. The minimum absolute atomic E-state index is 0. The van der Waals surface area contributed by atoms with E-state index in [1.807, 2.05) is 0 Å². The van der Waals surface area contributed by atoms with Gasteiger partial charge in [-0.3, -0.25) is 10.8 Å². The normalized spacial score (nSPS) is 15.6. The Morgan fingerprint density at radius 3 is 2.33 bits per heavy atom. The minimum Gasteiger partial charge on any atom is -0.344 e. The van der Waals surface area contributed by atoms with E-state index in [1.165, 1.54) is 12.3 Å². The number of hydrogen-bond acceptors (Lipinski definition) is 3. The van der Waals surface area contributed by atoms with Crippen LogP contribution in [-0.4, -0.2) is 17.8 Å². The second-order valence-corrected chi connectivity index (χ2v) is 1.40. The maximum atomic E-state index is 6.97. The average Bonchev–Trinajstić information content (AvgIpc) is 1.77. The van der Waals surface area contributed by atoms with E-state index in [4.69, 9.17) is 10.8 Å². The summed E-state index contributed by atoms with van der Waals surface area (Å²) in [7, 11) is 0. The highest BCUT2D eigenvalue weighted by Gasteiger charge is 1.98. The Kier molecular flexibility index (Phi) is 2.47. The van der Waals surface area contributed by atoms with Crippen LogP contribution in [0.3, 0.4) is 0 Å². The van der Waals surface area contributed by atoms with Crippen LogP contribution < -0.4 is 6.15 Å². The van der Waals surface area contributed by atoms with Crippen LogP contribution in [0, 0.1) is 10.8 Å². The third-order valence-electron chi connectivity index (χ3n) is 0.808. The Morgan fingerprint density at radius 2 is 2.00 bits per heavy atom. The SMILES string of the molecule is N.N=C1C=CC=NC1=N. The van der Waals surface area contributed by atoms with Crippen LogP contribution in [0.1, 0.15) is 0 Å². The molecule has 5 N–H and O–H groups in total. The molecule has 4 heteroatoms. The van der Waals surface area contributed by atoms with Crippen molar-refractivity contribution in [3.05, 3.63) is 12.2 Å². The lowest BCUT2D eigenvalue weighted by Crippen LogP contribution is -2.08. The Morgan fingerprint density at radius 1 is 1.33 bits per heavy atom. The van der Waals surface area contributed by atoms with E-state index in [-0.39, 0.29) is 17.7 Å². The molecule has 48 valence electrons. The minimum atomic E-state index is 0. The van der Waals surface area contributed by atoms with Crippen molar-refractivity contribution in [3.8, 4) is 0 Å². The summed E-state index contributed by atoms with van der Waals surface area (Å²) in [6.07, 6.45) is 4.68. The second kappa shape index (κ2) is 2.88. The van der Waals surface area contributed by atoms with Gasteiger partial charge in [0.25, 0.3) is 0 Å². The Labute approximate surface area is 52.9 Å². The first-order valence-electron chi connectivity index (χ1n) is 2.19. The van der Waals surface area contributed by atoms with Crippen molar-refractivity contribution in [2.45, 2.75) is 0 Å². The summed E-state index contributed by atoms with van der Waals surface area (Å²) in [5.74, 6) is 0.0347. The third kappa shape index (κ3) is 1.58. The molecule has 1 aliphatic heterocycles. The second-order valence-electron chi connectivity index (χ2n) is 1.40. The Hall–Kier alpha value is -1.29. The van der Waals surface area contributed by atoms with Gasteiger partial charge in [-0.2, -0.15) is 0 Å². The van der Waals surface area contributed by atoms with Gasteiger partial charge >= 0.3 is 0 Å². The molecule has 0 spiro atoms. The molecule has 0 unspecified atom stereocenters. The van der Waals surface area contributed by atoms with Crippen LogP contribution in [0.15, 0.2) is 17.1 Å². The zero-order chi connectivity index (χ0) is 5.98. The maximum Gasteiger partial charge on any atom is 0.169 e. The highest BCUT2D eigenvalue weighted by Crippen LogP contribution is 1.87. The van der Waals surface area contributed by atoms with E-state index in [0.29, 0.717) is 0 Å². The first-order chi connectivity index (χ1) is 3.80. The number of rotatable bonds is 0.